The van der Waals surface area contributed by atoms with Crippen LogP contribution >= 0.6 is 0 Å². The highest BCUT2D eigenvalue weighted by molar-refractivity contribution is 6.06. The number of fused-ring (bicyclic) bond motifs is 1. The average molecular weight is 399 g/mol. The molecule has 0 aliphatic rings. The average Bonchev–Trinajstić information content (AvgIpc) is 3.32. The van der Waals surface area contributed by atoms with Gasteiger partial charge in [-0.15, -0.1) is 0 Å². The summed E-state index contributed by atoms with van der Waals surface area (Å²) in [7, 11) is 1.85. The number of nitrogens with zero attached hydrogens (tertiary/aromatic N) is 5. The van der Waals surface area contributed by atoms with E-state index in [-0.39, 0.29) is 17.9 Å². The van der Waals surface area contributed by atoms with Gasteiger partial charge in [-0.25, -0.2) is 9.67 Å². The number of carbonyl (C=O) groups is 1. The Labute approximate surface area is 176 Å². The Morgan fingerprint density at radius 1 is 1.03 bits per heavy atom. The molecule has 0 unspecified atom stereocenters. The molecule has 0 bridgehead atoms. The van der Waals surface area contributed by atoms with Crippen molar-refractivity contribution in [3.05, 3.63) is 84.1 Å². The van der Waals surface area contributed by atoms with Crippen molar-refractivity contribution in [3.8, 4) is 5.69 Å². The van der Waals surface area contributed by atoms with E-state index < -0.39 is 0 Å². The third-order valence-electron chi connectivity index (χ3n) is 5.52. The normalized spacial score (nSPS) is 12.3. The molecule has 2 aromatic heterocycles. The third kappa shape index (κ3) is 3.68. The first-order chi connectivity index (χ1) is 14.5. The van der Waals surface area contributed by atoms with E-state index in [4.69, 9.17) is 4.98 Å². The number of para-hydroxylation sites is 1. The van der Waals surface area contributed by atoms with E-state index in [1.54, 1.807) is 15.9 Å². The molecule has 6 heteroatoms. The second kappa shape index (κ2) is 8.06. The van der Waals surface area contributed by atoms with Crippen molar-refractivity contribution in [3.63, 3.8) is 0 Å². The van der Waals surface area contributed by atoms with Crippen LogP contribution in [-0.2, 0) is 0 Å². The van der Waals surface area contributed by atoms with Crippen LogP contribution in [-0.4, -0.2) is 37.6 Å². The van der Waals surface area contributed by atoms with E-state index >= 15 is 0 Å². The van der Waals surface area contributed by atoms with Crippen LogP contribution in [0.2, 0.25) is 0 Å². The van der Waals surface area contributed by atoms with Gasteiger partial charge < -0.3 is 4.90 Å². The number of carbonyl (C=O) groups excluding carboxylic acids is 1. The third-order valence-corrected chi connectivity index (χ3v) is 5.52. The molecule has 0 N–H and O–H groups in total. The molecule has 0 aliphatic heterocycles. The van der Waals surface area contributed by atoms with E-state index in [2.05, 4.69) is 23.9 Å². The van der Waals surface area contributed by atoms with Crippen LogP contribution in [0.5, 0.6) is 0 Å². The van der Waals surface area contributed by atoms with E-state index in [1.165, 1.54) is 6.33 Å². The number of benzene rings is 2. The van der Waals surface area contributed by atoms with Gasteiger partial charge in [0, 0.05) is 18.1 Å². The van der Waals surface area contributed by atoms with Crippen molar-refractivity contribution in [2.75, 3.05) is 7.05 Å². The highest BCUT2D eigenvalue weighted by Crippen LogP contribution is 2.27. The maximum atomic E-state index is 13.5. The van der Waals surface area contributed by atoms with Gasteiger partial charge in [0.25, 0.3) is 5.91 Å². The van der Waals surface area contributed by atoms with Gasteiger partial charge in [0.1, 0.15) is 12.7 Å². The second-order valence-corrected chi connectivity index (χ2v) is 7.79. The summed E-state index contributed by atoms with van der Waals surface area (Å²) in [5.41, 5.74) is 4.45. The molecular formula is C24H25N5O. The van der Waals surface area contributed by atoms with Crippen molar-refractivity contribution >= 4 is 16.8 Å². The van der Waals surface area contributed by atoms with Gasteiger partial charge >= 0.3 is 0 Å². The Bertz CT molecular complexity index is 1170. The Hall–Kier alpha value is -3.54. The summed E-state index contributed by atoms with van der Waals surface area (Å²) in [4.78, 5) is 24.0. The van der Waals surface area contributed by atoms with E-state index in [9.17, 15) is 4.79 Å². The van der Waals surface area contributed by atoms with Crippen molar-refractivity contribution in [2.24, 2.45) is 0 Å². The van der Waals surface area contributed by atoms with Gasteiger partial charge in [0.2, 0.25) is 0 Å². The molecule has 0 saturated heterocycles. The smallest absolute Gasteiger partial charge is 0.254 e. The molecule has 4 aromatic rings. The Balaban J connectivity index is 1.65. The SMILES string of the molecule is CC(C)c1cc(C(=O)N(C)[C@@H](C)c2ccc(-n3cncn3)cc2)c2ccccc2n1. The fraction of sp³-hybridized carbons (Fsp3) is 0.250. The van der Waals surface area contributed by atoms with E-state index in [0.29, 0.717) is 5.56 Å². The van der Waals surface area contributed by atoms with Gasteiger partial charge in [-0.05, 0) is 42.7 Å². The summed E-state index contributed by atoms with van der Waals surface area (Å²) < 4.78 is 1.71. The van der Waals surface area contributed by atoms with E-state index in [0.717, 1.165) is 27.8 Å². The molecular weight excluding hydrogens is 374 g/mol. The maximum Gasteiger partial charge on any atom is 0.254 e. The summed E-state index contributed by atoms with van der Waals surface area (Å²) in [6, 6.07) is 17.7. The molecule has 0 radical (unpaired) electrons. The summed E-state index contributed by atoms with van der Waals surface area (Å²) in [6.07, 6.45) is 3.17. The molecule has 0 aliphatic carbocycles. The van der Waals surface area contributed by atoms with Crippen molar-refractivity contribution in [2.45, 2.75) is 32.7 Å². The topological polar surface area (TPSA) is 63.9 Å². The van der Waals surface area contributed by atoms with Crippen LogP contribution in [0.3, 0.4) is 0 Å². The van der Waals surface area contributed by atoms with Gasteiger partial charge in [0.15, 0.2) is 0 Å². The van der Waals surface area contributed by atoms with Crippen LogP contribution in [0.25, 0.3) is 16.6 Å². The number of amides is 1. The highest BCUT2D eigenvalue weighted by Gasteiger charge is 2.22. The Morgan fingerprint density at radius 2 is 1.77 bits per heavy atom. The molecule has 1 atom stereocenters. The first-order valence-corrected chi connectivity index (χ1v) is 10.1. The predicted octanol–water partition coefficient (Wildman–Crippen LogP) is 4.77. The first kappa shape index (κ1) is 19.8. The monoisotopic (exact) mass is 399 g/mol. The zero-order valence-corrected chi connectivity index (χ0v) is 17.6. The largest absolute Gasteiger partial charge is 0.335 e. The lowest BCUT2D eigenvalue weighted by atomic mass is 10.0. The number of pyridine rings is 1. The molecule has 0 saturated carbocycles. The lowest BCUT2D eigenvalue weighted by molar-refractivity contribution is 0.0744. The van der Waals surface area contributed by atoms with Crippen LogP contribution < -0.4 is 0 Å². The lowest BCUT2D eigenvalue weighted by Crippen LogP contribution is -2.30. The minimum Gasteiger partial charge on any atom is -0.335 e. The number of hydrogen-bond acceptors (Lipinski definition) is 4. The van der Waals surface area contributed by atoms with Gasteiger partial charge in [-0.1, -0.05) is 44.2 Å². The fourth-order valence-electron chi connectivity index (χ4n) is 3.51. The van der Waals surface area contributed by atoms with Crippen LogP contribution in [0, 0.1) is 0 Å². The maximum absolute atomic E-state index is 13.5. The predicted molar refractivity (Wildman–Crippen MR) is 118 cm³/mol. The van der Waals surface area contributed by atoms with Crippen molar-refractivity contribution in [1.82, 2.24) is 24.6 Å². The summed E-state index contributed by atoms with van der Waals surface area (Å²) >= 11 is 0. The number of rotatable bonds is 5. The highest BCUT2D eigenvalue weighted by atomic mass is 16.2. The van der Waals surface area contributed by atoms with Crippen LogP contribution in [0.15, 0.2) is 67.3 Å². The molecule has 4 rings (SSSR count). The molecule has 6 nitrogen and oxygen atoms in total. The minimum atomic E-state index is -0.0864. The summed E-state index contributed by atoms with van der Waals surface area (Å²) in [6.45, 7) is 6.22. The molecule has 1 amide bonds. The molecule has 0 spiro atoms. The first-order valence-electron chi connectivity index (χ1n) is 10.1. The summed E-state index contributed by atoms with van der Waals surface area (Å²) in [5.74, 6) is 0.233. The lowest BCUT2D eigenvalue weighted by Gasteiger charge is -2.26. The summed E-state index contributed by atoms with van der Waals surface area (Å²) in [5, 5.41) is 5.03. The zero-order valence-electron chi connectivity index (χ0n) is 17.6. The quantitative estimate of drug-likeness (QED) is 0.485. The molecule has 152 valence electrons. The number of aromatic nitrogens is 4. The van der Waals surface area contributed by atoms with Crippen LogP contribution in [0.1, 0.15) is 54.3 Å². The minimum absolute atomic E-state index is 0.0108. The van der Waals surface area contributed by atoms with Gasteiger partial charge in [-0.3, -0.25) is 9.78 Å². The van der Waals surface area contributed by atoms with Crippen molar-refractivity contribution in [1.29, 1.82) is 0 Å². The molecule has 2 heterocycles. The Kier molecular flexibility index (Phi) is 5.31. The second-order valence-electron chi connectivity index (χ2n) is 7.79. The molecule has 30 heavy (non-hydrogen) atoms. The molecule has 0 fully saturated rings. The van der Waals surface area contributed by atoms with Crippen LogP contribution in [0.4, 0.5) is 0 Å². The van der Waals surface area contributed by atoms with Gasteiger partial charge in [-0.2, -0.15) is 5.10 Å². The van der Waals surface area contributed by atoms with E-state index in [1.807, 2.05) is 68.6 Å². The Morgan fingerprint density at radius 3 is 2.43 bits per heavy atom. The van der Waals surface area contributed by atoms with Crippen molar-refractivity contribution < 1.29 is 4.79 Å². The fourth-order valence-corrected chi connectivity index (χ4v) is 3.51. The van der Waals surface area contributed by atoms with Gasteiger partial charge in [0.05, 0.1) is 22.8 Å². The standard InChI is InChI=1S/C24H25N5O/c1-16(2)23-13-21(20-7-5-6-8-22(20)27-23)24(30)28(4)17(3)18-9-11-19(12-10-18)29-15-25-14-26-29/h5-17H,1-4H3/t17-/m0/s1. The molecule has 2 aromatic carbocycles. The number of hydrogen-bond donors (Lipinski definition) is 0. The zero-order chi connectivity index (χ0) is 21.3.